The van der Waals surface area contributed by atoms with Crippen LogP contribution in [0.1, 0.15) is 36.4 Å². The first-order chi connectivity index (χ1) is 11.6. The van der Waals surface area contributed by atoms with Crippen molar-refractivity contribution in [2.45, 2.75) is 36.6 Å². The van der Waals surface area contributed by atoms with E-state index < -0.39 is 10.0 Å². The number of nitrogens with one attached hydrogen (secondary N) is 1. The quantitative estimate of drug-likeness (QED) is 0.912. The molecule has 1 saturated heterocycles. The number of hydrogen-bond acceptors (Lipinski definition) is 4. The number of hydrogen-bond donors (Lipinski definition) is 1. The number of thiophene rings is 1. The molecule has 24 heavy (non-hydrogen) atoms. The number of aryl methyl sites for hydroxylation is 1. The molecule has 1 fully saturated rings. The summed E-state index contributed by atoms with van der Waals surface area (Å²) in [5.74, 6) is -0.0184. The second-order valence-electron chi connectivity index (χ2n) is 6.20. The molecule has 126 valence electrons. The van der Waals surface area contributed by atoms with Crippen molar-refractivity contribution >= 4 is 33.0 Å². The molecule has 7 heteroatoms. The maximum absolute atomic E-state index is 13.1. The summed E-state index contributed by atoms with van der Waals surface area (Å²) < 4.78 is 27.9. The van der Waals surface area contributed by atoms with Gasteiger partial charge in [-0.3, -0.25) is 4.79 Å². The van der Waals surface area contributed by atoms with E-state index in [4.69, 9.17) is 0 Å². The molecule has 0 bridgehead atoms. The third kappa shape index (κ3) is 2.66. The molecule has 4 rings (SSSR count). The first-order valence-electron chi connectivity index (χ1n) is 8.02. The number of benzene rings is 1. The van der Waals surface area contributed by atoms with E-state index in [1.807, 2.05) is 16.8 Å². The molecule has 2 aliphatic heterocycles. The van der Waals surface area contributed by atoms with Gasteiger partial charge < -0.3 is 5.32 Å². The lowest BCUT2D eigenvalue weighted by Crippen LogP contribution is -2.30. The fraction of sp³-hybridized carbons (Fsp3) is 0.353. The van der Waals surface area contributed by atoms with Gasteiger partial charge in [0.15, 0.2) is 0 Å². The van der Waals surface area contributed by atoms with Crippen LogP contribution in [-0.4, -0.2) is 25.2 Å². The normalized spacial score (nSPS) is 21.5. The highest BCUT2D eigenvalue weighted by Crippen LogP contribution is 2.38. The van der Waals surface area contributed by atoms with Crippen molar-refractivity contribution < 1.29 is 13.2 Å². The van der Waals surface area contributed by atoms with E-state index in [9.17, 15) is 13.2 Å². The number of nitrogens with zero attached hydrogens (tertiary/aromatic N) is 1. The highest BCUT2D eigenvalue weighted by atomic mass is 32.2. The van der Waals surface area contributed by atoms with E-state index in [-0.39, 0.29) is 11.9 Å². The van der Waals surface area contributed by atoms with Gasteiger partial charge in [0.2, 0.25) is 15.9 Å². The second-order valence-corrected chi connectivity index (χ2v) is 8.87. The molecule has 1 aromatic heterocycles. The lowest BCUT2D eigenvalue weighted by molar-refractivity contribution is -0.116. The molecule has 1 unspecified atom stereocenters. The Balaban J connectivity index is 1.69. The van der Waals surface area contributed by atoms with Gasteiger partial charge in [-0.1, -0.05) is 0 Å². The third-order valence-corrected chi connectivity index (χ3v) is 7.32. The van der Waals surface area contributed by atoms with E-state index in [1.165, 1.54) is 0 Å². The zero-order valence-electron chi connectivity index (χ0n) is 13.1. The summed E-state index contributed by atoms with van der Waals surface area (Å²) in [5.41, 5.74) is 2.69. The minimum absolute atomic E-state index is 0.0184. The summed E-state index contributed by atoms with van der Waals surface area (Å²) >= 11 is 1.59. The van der Waals surface area contributed by atoms with Crippen molar-refractivity contribution in [3.63, 3.8) is 0 Å². The molecular formula is C17H18N2O3S2. The molecule has 1 amide bonds. The summed E-state index contributed by atoms with van der Waals surface area (Å²) in [6.45, 7) is 0.552. The lowest BCUT2D eigenvalue weighted by Gasteiger charge is -2.25. The molecular weight excluding hydrogens is 344 g/mol. The van der Waals surface area contributed by atoms with E-state index in [0.29, 0.717) is 24.3 Å². The van der Waals surface area contributed by atoms with Crippen molar-refractivity contribution in [2.24, 2.45) is 0 Å². The van der Waals surface area contributed by atoms with Gasteiger partial charge in [-0.25, -0.2) is 8.42 Å². The molecule has 2 aliphatic rings. The topological polar surface area (TPSA) is 66.5 Å². The molecule has 1 atom stereocenters. The van der Waals surface area contributed by atoms with Crippen molar-refractivity contribution in [1.29, 1.82) is 0 Å². The van der Waals surface area contributed by atoms with Crippen molar-refractivity contribution in [1.82, 2.24) is 4.31 Å². The fourth-order valence-corrected chi connectivity index (χ4v) is 5.92. The number of carbonyl (C=O) groups excluding carboxylic acids is 1. The van der Waals surface area contributed by atoms with Gasteiger partial charge in [-0.2, -0.15) is 15.6 Å². The minimum atomic E-state index is -3.54. The van der Waals surface area contributed by atoms with Crippen LogP contribution in [0.2, 0.25) is 0 Å². The molecule has 2 aromatic rings. The van der Waals surface area contributed by atoms with Crippen LogP contribution in [0.15, 0.2) is 39.9 Å². The first kappa shape index (κ1) is 15.8. The number of fused-ring (bicyclic) bond motifs is 1. The van der Waals surface area contributed by atoms with Crippen LogP contribution in [0.3, 0.4) is 0 Å². The predicted molar refractivity (Wildman–Crippen MR) is 93.6 cm³/mol. The first-order valence-corrected chi connectivity index (χ1v) is 10.4. The van der Waals surface area contributed by atoms with E-state index in [0.717, 1.165) is 29.7 Å². The average molecular weight is 362 g/mol. The van der Waals surface area contributed by atoms with Gasteiger partial charge in [0, 0.05) is 18.7 Å². The average Bonchev–Trinajstić information content (AvgIpc) is 3.25. The second kappa shape index (κ2) is 5.98. The summed E-state index contributed by atoms with van der Waals surface area (Å²) in [7, 11) is -3.54. The van der Waals surface area contributed by atoms with E-state index in [1.54, 1.807) is 33.8 Å². The van der Waals surface area contributed by atoms with Crippen LogP contribution >= 0.6 is 11.3 Å². The van der Waals surface area contributed by atoms with Crippen LogP contribution in [0.5, 0.6) is 0 Å². The number of anilines is 1. The molecule has 0 saturated carbocycles. The summed E-state index contributed by atoms with van der Waals surface area (Å²) in [4.78, 5) is 11.8. The minimum Gasteiger partial charge on any atom is -0.326 e. The Morgan fingerprint density at radius 2 is 2.08 bits per heavy atom. The van der Waals surface area contributed by atoms with Crippen LogP contribution < -0.4 is 5.32 Å². The summed E-state index contributed by atoms with van der Waals surface area (Å²) in [5, 5.41) is 6.81. The monoisotopic (exact) mass is 362 g/mol. The molecule has 5 nitrogen and oxygen atoms in total. The lowest BCUT2D eigenvalue weighted by atomic mass is 10.0. The van der Waals surface area contributed by atoms with Gasteiger partial charge in [0.1, 0.15) is 0 Å². The number of carbonyl (C=O) groups is 1. The smallest absolute Gasteiger partial charge is 0.243 e. The molecule has 0 aliphatic carbocycles. The summed E-state index contributed by atoms with van der Waals surface area (Å²) in [6.07, 6.45) is 2.72. The maximum Gasteiger partial charge on any atom is 0.243 e. The highest BCUT2D eigenvalue weighted by molar-refractivity contribution is 7.89. The largest absolute Gasteiger partial charge is 0.326 e. The zero-order chi connectivity index (χ0) is 16.7. The Bertz CT molecular complexity index is 875. The van der Waals surface area contributed by atoms with Crippen molar-refractivity contribution in [3.05, 3.63) is 46.2 Å². The molecule has 0 radical (unpaired) electrons. The number of sulfonamides is 1. The van der Waals surface area contributed by atoms with Crippen molar-refractivity contribution in [2.75, 3.05) is 11.9 Å². The Morgan fingerprint density at radius 3 is 2.88 bits per heavy atom. The Kier molecular flexibility index (Phi) is 3.94. The van der Waals surface area contributed by atoms with Gasteiger partial charge in [0.05, 0.1) is 10.9 Å². The van der Waals surface area contributed by atoms with Crippen LogP contribution in [0.4, 0.5) is 5.69 Å². The maximum atomic E-state index is 13.1. The Morgan fingerprint density at radius 1 is 1.21 bits per heavy atom. The fourth-order valence-electron chi connectivity index (χ4n) is 3.48. The zero-order valence-corrected chi connectivity index (χ0v) is 14.7. The molecule has 3 heterocycles. The molecule has 0 spiro atoms. The number of amides is 1. The van der Waals surface area contributed by atoms with E-state index in [2.05, 4.69) is 5.32 Å². The van der Waals surface area contributed by atoms with Crippen LogP contribution in [-0.2, 0) is 21.2 Å². The van der Waals surface area contributed by atoms with Crippen LogP contribution in [0.25, 0.3) is 0 Å². The Labute approximate surface area is 145 Å². The summed E-state index contributed by atoms with van der Waals surface area (Å²) in [6, 6.07) is 6.95. The SMILES string of the molecule is O=C1CCc2cc(S(=O)(=O)N3CCCC3c3ccsc3)ccc2N1. The number of rotatable bonds is 3. The highest BCUT2D eigenvalue weighted by Gasteiger charge is 2.36. The van der Waals surface area contributed by atoms with Crippen LogP contribution in [0, 0.1) is 0 Å². The molecule has 1 N–H and O–H groups in total. The van der Waals surface area contributed by atoms with Gasteiger partial charge in [-0.05, 0) is 65.4 Å². The van der Waals surface area contributed by atoms with Crippen molar-refractivity contribution in [3.8, 4) is 0 Å². The standard InChI is InChI=1S/C17H18N2O3S2/c20-17-6-3-12-10-14(4-5-15(12)18-17)24(21,22)19-8-1-2-16(19)13-7-9-23-11-13/h4-5,7,9-11,16H,1-3,6,8H2,(H,18,20). The Hall–Kier alpha value is -1.70. The third-order valence-electron chi connectivity index (χ3n) is 4.71. The van der Waals surface area contributed by atoms with E-state index >= 15 is 0 Å². The molecule has 1 aromatic carbocycles. The van der Waals surface area contributed by atoms with Gasteiger partial charge >= 0.3 is 0 Å². The van der Waals surface area contributed by atoms with Gasteiger partial charge in [-0.15, -0.1) is 0 Å². The predicted octanol–water partition coefficient (Wildman–Crippen LogP) is 3.16. The van der Waals surface area contributed by atoms with Gasteiger partial charge in [0.25, 0.3) is 0 Å².